The zero-order valence-electron chi connectivity index (χ0n) is 12.9. The lowest BCUT2D eigenvalue weighted by Crippen LogP contribution is -2.30. The molecule has 2 heterocycles. The van der Waals surface area contributed by atoms with Crippen molar-refractivity contribution in [3.63, 3.8) is 0 Å². The number of carbonyl (C=O) groups excluding carboxylic acids is 1. The number of amides is 1. The van der Waals surface area contributed by atoms with E-state index in [1.54, 1.807) is 12.1 Å². The van der Waals surface area contributed by atoms with Crippen LogP contribution >= 0.6 is 23.8 Å². The fraction of sp³-hybridized carbons (Fsp3) is 0. The minimum Gasteiger partial charge on any atom is -0.327 e. The third kappa shape index (κ3) is 2.88. The molecule has 0 saturated carbocycles. The lowest BCUT2D eigenvalue weighted by atomic mass is 10.2. The van der Waals surface area contributed by atoms with Crippen molar-refractivity contribution in [2.24, 2.45) is 0 Å². The molecule has 0 spiro atoms. The molecule has 1 aliphatic heterocycles. The fourth-order valence-electron chi connectivity index (χ4n) is 2.70. The molecule has 4 nitrogen and oxygen atoms in total. The van der Waals surface area contributed by atoms with Crippen LogP contribution in [0.15, 0.2) is 66.4 Å². The van der Waals surface area contributed by atoms with E-state index in [4.69, 9.17) is 23.8 Å². The largest absolute Gasteiger partial charge is 0.327 e. The molecule has 0 radical (unpaired) electrons. The second-order valence-corrected chi connectivity index (χ2v) is 6.31. The van der Waals surface area contributed by atoms with E-state index in [9.17, 15) is 4.79 Å². The summed E-state index contributed by atoms with van der Waals surface area (Å²) in [5.74, 6) is -0.211. The van der Waals surface area contributed by atoms with Crippen molar-refractivity contribution in [3.8, 4) is 0 Å². The maximum Gasteiger partial charge on any atom is 0.281 e. The normalized spacial score (nSPS) is 15.9. The van der Waals surface area contributed by atoms with Gasteiger partial charge in [-0.3, -0.25) is 9.69 Å². The smallest absolute Gasteiger partial charge is 0.281 e. The first-order valence-corrected chi connectivity index (χ1v) is 8.39. The van der Waals surface area contributed by atoms with Crippen LogP contribution in [-0.2, 0) is 4.79 Å². The van der Waals surface area contributed by atoms with Gasteiger partial charge in [-0.1, -0.05) is 48.0 Å². The van der Waals surface area contributed by atoms with Crippen molar-refractivity contribution in [1.82, 2.24) is 10.3 Å². The molecule has 0 unspecified atom stereocenters. The number of benzene rings is 2. The highest BCUT2D eigenvalue weighted by Gasteiger charge is 2.31. The van der Waals surface area contributed by atoms with Crippen LogP contribution in [0.1, 0.15) is 5.69 Å². The highest BCUT2D eigenvalue weighted by molar-refractivity contribution is 7.80. The van der Waals surface area contributed by atoms with E-state index in [1.807, 2.05) is 54.6 Å². The standard InChI is InChI=1S/C19H12ClN3OS/c20-15-8-4-5-12-9-10-13(21-17(12)15)11-16-18(24)23(19(25)22-16)14-6-2-1-3-7-14/h1-11H,(H,22,25). The predicted molar refractivity (Wildman–Crippen MR) is 104 cm³/mol. The number of fused-ring (bicyclic) bond motifs is 1. The van der Waals surface area contributed by atoms with Gasteiger partial charge in [-0.25, -0.2) is 4.98 Å². The molecule has 1 N–H and O–H groups in total. The lowest BCUT2D eigenvalue weighted by molar-refractivity contribution is -0.113. The third-order valence-electron chi connectivity index (χ3n) is 3.88. The van der Waals surface area contributed by atoms with Crippen LogP contribution in [-0.4, -0.2) is 16.0 Å². The minimum absolute atomic E-state index is 0.211. The summed E-state index contributed by atoms with van der Waals surface area (Å²) in [5, 5.41) is 4.83. The highest BCUT2D eigenvalue weighted by atomic mass is 35.5. The maximum absolute atomic E-state index is 12.7. The molecule has 2 aromatic carbocycles. The van der Waals surface area contributed by atoms with Crippen LogP contribution in [0.2, 0.25) is 5.02 Å². The molecule has 0 bridgehead atoms. The molecule has 0 aliphatic carbocycles. The third-order valence-corrected chi connectivity index (χ3v) is 4.47. The van der Waals surface area contributed by atoms with Crippen molar-refractivity contribution in [3.05, 3.63) is 77.1 Å². The Kier molecular flexibility index (Phi) is 3.95. The van der Waals surface area contributed by atoms with Gasteiger partial charge in [-0.2, -0.15) is 0 Å². The summed E-state index contributed by atoms with van der Waals surface area (Å²) in [6, 6.07) is 18.7. The van der Waals surface area contributed by atoms with E-state index in [0.29, 0.717) is 27.0 Å². The van der Waals surface area contributed by atoms with Gasteiger partial charge in [0.05, 0.1) is 21.9 Å². The summed E-state index contributed by atoms with van der Waals surface area (Å²) in [6.07, 6.45) is 1.68. The van der Waals surface area contributed by atoms with Crippen molar-refractivity contribution in [2.45, 2.75) is 0 Å². The first kappa shape index (κ1) is 15.7. The minimum atomic E-state index is -0.211. The van der Waals surface area contributed by atoms with Crippen LogP contribution in [0.25, 0.3) is 17.0 Å². The molecule has 0 atom stereocenters. The van der Waals surface area contributed by atoms with E-state index in [1.165, 1.54) is 4.90 Å². The Bertz CT molecular complexity index is 1030. The average Bonchev–Trinajstić information content (AvgIpc) is 2.90. The molecule has 122 valence electrons. The van der Waals surface area contributed by atoms with Gasteiger partial charge in [-0.15, -0.1) is 0 Å². The Morgan fingerprint density at radius 2 is 1.84 bits per heavy atom. The number of thiocarbonyl (C=S) groups is 1. The molecule has 1 fully saturated rings. The molecular weight excluding hydrogens is 354 g/mol. The lowest BCUT2D eigenvalue weighted by Gasteiger charge is -2.13. The van der Waals surface area contributed by atoms with Gasteiger partial charge in [0.15, 0.2) is 5.11 Å². The summed E-state index contributed by atoms with van der Waals surface area (Å²) >= 11 is 11.5. The molecule has 1 amide bonds. The molecule has 3 aromatic rings. The first-order valence-electron chi connectivity index (χ1n) is 7.61. The molecule has 1 aliphatic rings. The van der Waals surface area contributed by atoms with Gasteiger partial charge in [0, 0.05) is 5.39 Å². The van der Waals surface area contributed by atoms with Crippen molar-refractivity contribution in [2.75, 3.05) is 4.90 Å². The average molecular weight is 366 g/mol. The van der Waals surface area contributed by atoms with Gasteiger partial charge < -0.3 is 5.32 Å². The summed E-state index contributed by atoms with van der Waals surface area (Å²) in [4.78, 5) is 18.7. The number of anilines is 1. The number of nitrogens with one attached hydrogen (secondary N) is 1. The van der Waals surface area contributed by atoms with Crippen LogP contribution < -0.4 is 10.2 Å². The van der Waals surface area contributed by atoms with Gasteiger partial charge in [-0.05, 0) is 42.6 Å². The Morgan fingerprint density at radius 1 is 1.04 bits per heavy atom. The van der Waals surface area contributed by atoms with Gasteiger partial charge in [0.25, 0.3) is 5.91 Å². The quantitative estimate of drug-likeness (QED) is 0.547. The Labute approximate surface area is 154 Å². The number of rotatable bonds is 2. The summed E-state index contributed by atoms with van der Waals surface area (Å²) in [5.41, 5.74) is 2.44. The predicted octanol–water partition coefficient (Wildman–Crippen LogP) is 4.15. The second-order valence-electron chi connectivity index (χ2n) is 5.51. The molecule has 6 heteroatoms. The zero-order chi connectivity index (χ0) is 17.4. The number of hydrogen-bond acceptors (Lipinski definition) is 3. The number of aromatic nitrogens is 1. The summed E-state index contributed by atoms with van der Waals surface area (Å²) in [6.45, 7) is 0. The SMILES string of the molecule is O=C1C(=Cc2ccc3cccc(Cl)c3n2)NC(=S)N1c1ccccc1. The Morgan fingerprint density at radius 3 is 2.64 bits per heavy atom. The van der Waals surface area contributed by atoms with Gasteiger partial charge in [0.1, 0.15) is 5.70 Å². The monoisotopic (exact) mass is 365 g/mol. The number of pyridine rings is 1. The summed E-state index contributed by atoms with van der Waals surface area (Å²) in [7, 11) is 0. The summed E-state index contributed by atoms with van der Waals surface area (Å²) < 4.78 is 0. The topological polar surface area (TPSA) is 45.2 Å². The first-order chi connectivity index (χ1) is 12.1. The Balaban J connectivity index is 1.72. The van der Waals surface area contributed by atoms with Gasteiger partial charge in [0.2, 0.25) is 0 Å². The number of carbonyl (C=O) groups is 1. The zero-order valence-corrected chi connectivity index (χ0v) is 14.5. The second kappa shape index (κ2) is 6.27. The van der Waals surface area contributed by atoms with Crippen LogP contribution in [0.4, 0.5) is 5.69 Å². The molecule has 1 saturated heterocycles. The van der Waals surface area contributed by atoms with E-state index in [0.717, 1.165) is 11.1 Å². The highest BCUT2D eigenvalue weighted by Crippen LogP contribution is 2.24. The molecule has 25 heavy (non-hydrogen) atoms. The molecule has 4 rings (SSSR count). The number of para-hydroxylation sites is 2. The Hall–Kier alpha value is -2.76. The number of nitrogens with zero attached hydrogens (tertiary/aromatic N) is 2. The van der Waals surface area contributed by atoms with Crippen molar-refractivity contribution in [1.29, 1.82) is 0 Å². The van der Waals surface area contributed by atoms with Crippen LogP contribution in [0.3, 0.4) is 0 Å². The molecular formula is C19H12ClN3OS. The number of halogens is 1. The fourth-order valence-corrected chi connectivity index (χ4v) is 3.22. The van der Waals surface area contributed by atoms with Gasteiger partial charge >= 0.3 is 0 Å². The van der Waals surface area contributed by atoms with E-state index >= 15 is 0 Å². The van der Waals surface area contributed by atoms with Crippen LogP contribution in [0, 0.1) is 0 Å². The van der Waals surface area contributed by atoms with Crippen molar-refractivity contribution >= 4 is 57.5 Å². The van der Waals surface area contributed by atoms with E-state index in [2.05, 4.69) is 10.3 Å². The van der Waals surface area contributed by atoms with E-state index < -0.39 is 0 Å². The van der Waals surface area contributed by atoms with Crippen LogP contribution in [0.5, 0.6) is 0 Å². The maximum atomic E-state index is 12.7. The van der Waals surface area contributed by atoms with E-state index in [-0.39, 0.29) is 5.91 Å². The molecule has 1 aromatic heterocycles. The number of hydrogen-bond donors (Lipinski definition) is 1. The van der Waals surface area contributed by atoms with Crippen molar-refractivity contribution < 1.29 is 4.79 Å².